The number of carbonyl (C=O) groups excluding carboxylic acids is 1. The van der Waals surface area contributed by atoms with Gasteiger partial charge in [0.2, 0.25) is 0 Å². The van der Waals surface area contributed by atoms with Gasteiger partial charge in [0, 0.05) is 11.6 Å². The van der Waals surface area contributed by atoms with Crippen LogP contribution in [0.1, 0.15) is 66.6 Å². The quantitative estimate of drug-likeness (QED) is 0.474. The molecule has 0 saturated heterocycles. The lowest BCUT2D eigenvalue weighted by Crippen LogP contribution is -2.17. The van der Waals surface area contributed by atoms with Gasteiger partial charge in [-0.15, -0.1) is 11.3 Å². The Morgan fingerprint density at radius 3 is 2.52 bits per heavy atom. The van der Waals surface area contributed by atoms with E-state index in [4.69, 9.17) is 4.98 Å². The maximum Gasteiger partial charge on any atom is 0.433 e. The highest BCUT2D eigenvalue weighted by Crippen LogP contribution is 2.41. The average Bonchev–Trinajstić information content (AvgIpc) is 3.16. The first-order valence-electron chi connectivity index (χ1n) is 10.5. The molecule has 0 aliphatic heterocycles. The van der Waals surface area contributed by atoms with E-state index in [9.17, 15) is 18.0 Å². The Hall–Kier alpha value is -2.48. The molecule has 2 heterocycles. The van der Waals surface area contributed by atoms with Gasteiger partial charge < -0.3 is 5.32 Å². The summed E-state index contributed by atoms with van der Waals surface area (Å²) in [6, 6.07) is 8.66. The molecule has 4 nitrogen and oxygen atoms in total. The summed E-state index contributed by atoms with van der Waals surface area (Å²) in [5.74, 6) is 1.30. The number of hydrogen-bond donors (Lipinski definition) is 1. The second kappa shape index (κ2) is 8.57. The van der Waals surface area contributed by atoms with E-state index in [0.29, 0.717) is 17.5 Å². The van der Waals surface area contributed by atoms with Crippen molar-refractivity contribution in [1.82, 2.24) is 9.97 Å². The van der Waals surface area contributed by atoms with Crippen molar-refractivity contribution in [1.29, 1.82) is 0 Å². The molecule has 0 atom stereocenters. The summed E-state index contributed by atoms with van der Waals surface area (Å²) in [5.41, 5.74) is 0.0216. The predicted octanol–water partition coefficient (Wildman–Crippen LogP) is 6.89. The van der Waals surface area contributed by atoms with Crippen molar-refractivity contribution in [3.05, 3.63) is 52.8 Å². The predicted molar refractivity (Wildman–Crippen MR) is 116 cm³/mol. The molecule has 0 bridgehead atoms. The van der Waals surface area contributed by atoms with Crippen LogP contribution in [0.3, 0.4) is 0 Å². The fourth-order valence-corrected chi connectivity index (χ4v) is 5.32. The zero-order valence-electron chi connectivity index (χ0n) is 17.4. The molecule has 1 amide bonds. The molecule has 1 saturated carbocycles. The Labute approximate surface area is 182 Å². The zero-order chi connectivity index (χ0) is 22.2. The van der Waals surface area contributed by atoms with Crippen molar-refractivity contribution in [2.75, 3.05) is 5.32 Å². The second-order valence-corrected chi connectivity index (χ2v) is 9.51. The van der Waals surface area contributed by atoms with E-state index in [1.54, 1.807) is 17.4 Å². The molecular formula is C23H24F3N3OS. The van der Waals surface area contributed by atoms with E-state index in [1.165, 1.54) is 25.0 Å². The molecule has 1 aromatic carbocycles. The van der Waals surface area contributed by atoms with Gasteiger partial charge in [-0.05, 0) is 67.9 Å². The summed E-state index contributed by atoms with van der Waals surface area (Å²) in [6.45, 7) is 4.57. The maximum atomic E-state index is 12.8. The largest absolute Gasteiger partial charge is 0.433 e. The number of benzene rings is 1. The first-order chi connectivity index (χ1) is 14.7. The number of nitrogens with zero attached hydrogens (tertiary/aromatic N) is 2. The number of thiazole rings is 1. The van der Waals surface area contributed by atoms with E-state index in [0.717, 1.165) is 40.1 Å². The van der Waals surface area contributed by atoms with Crippen molar-refractivity contribution in [3.63, 3.8) is 0 Å². The van der Waals surface area contributed by atoms with Crippen molar-refractivity contribution >= 4 is 33.1 Å². The highest BCUT2D eigenvalue weighted by atomic mass is 32.1. The molecule has 164 valence electrons. The number of aromatic nitrogens is 2. The monoisotopic (exact) mass is 447 g/mol. The van der Waals surface area contributed by atoms with Crippen LogP contribution in [0.2, 0.25) is 0 Å². The maximum absolute atomic E-state index is 12.8. The Morgan fingerprint density at radius 1 is 1.10 bits per heavy atom. The molecule has 0 radical (unpaired) electrons. The molecule has 1 N–H and O–H groups in total. The molecular weight excluding hydrogens is 423 g/mol. The minimum Gasteiger partial charge on any atom is -0.321 e. The van der Waals surface area contributed by atoms with Crippen LogP contribution in [0, 0.1) is 11.8 Å². The number of pyridine rings is 1. The highest BCUT2D eigenvalue weighted by molar-refractivity contribution is 7.18. The van der Waals surface area contributed by atoms with Gasteiger partial charge in [0.15, 0.2) is 0 Å². The molecule has 3 aromatic rings. The van der Waals surface area contributed by atoms with Crippen LogP contribution in [-0.4, -0.2) is 15.9 Å². The Bertz CT molecular complexity index is 1090. The first-order valence-corrected chi connectivity index (χ1v) is 11.3. The molecule has 1 fully saturated rings. The zero-order valence-corrected chi connectivity index (χ0v) is 18.2. The number of hydrogen-bond acceptors (Lipinski definition) is 4. The van der Waals surface area contributed by atoms with E-state index < -0.39 is 17.8 Å². The standard InChI is InChI=1S/C23H24F3N3OS/c1-13(2)14-6-8-15(9-7-14)22-29-17-11-10-16(12-19(17)31-22)27-21(30)18-4-3-5-20(28-18)23(24,25)26/h3-5,10-15H,6-9H2,1-2H3,(H,27,30)/t14-,15-. The fraction of sp³-hybridized carbons (Fsp3) is 0.435. The summed E-state index contributed by atoms with van der Waals surface area (Å²) in [6.07, 6.45) is 0.149. The molecule has 2 aromatic heterocycles. The van der Waals surface area contributed by atoms with Crippen LogP contribution in [0.15, 0.2) is 36.4 Å². The highest BCUT2D eigenvalue weighted by Gasteiger charge is 2.33. The SMILES string of the molecule is CC(C)[C@H]1CC[C@H](c2nc3ccc(NC(=O)c4cccc(C(F)(F)F)n4)cc3s2)CC1. The number of halogens is 3. The van der Waals surface area contributed by atoms with Gasteiger partial charge in [-0.2, -0.15) is 13.2 Å². The minimum atomic E-state index is -4.59. The van der Waals surface area contributed by atoms with Crippen LogP contribution in [0.4, 0.5) is 18.9 Å². The van der Waals surface area contributed by atoms with Crippen LogP contribution in [0.25, 0.3) is 10.2 Å². The van der Waals surface area contributed by atoms with Crippen molar-refractivity contribution < 1.29 is 18.0 Å². The molecule has 0 unspecified atom stereocenters. The third-order valence-corrected chi connectivity index (χ3v) is 7.18. The molecule has 0 spiro atoms. The lowest BCUT2D eigenvalue weighted by molar-refractivity contribution is -0.141. The fourth-order valence-electron chi connectivity index (χ4n) is 4.14. The van der Waals surface area contributed by atoms with E-state index in [2.05, 4.69) is 24.1 Å². The summed E-state index contributed by atoms with van der Waals surface area (Å²) in [7, 11) is 0. The second-order valence-electron chi connectivity index (χ2n) is 8.45. The molecule has 1 aliphatic rings. The number of rotatable bonds is 4. The third kappa shape index (κ3) is 4.89. The van der Waals surface area contributed by atoms with Crippen LogP contribution >= 0.6 is 11.3 Å². The molecule has 8 heteroatoms. The average molecular weight is 448 g/mol. The van der Waals surface area contributed by atoms with Gasteiger partial charge in [-0.1, -0.05) is 19.9 Å². The smallest absolute Gasteiger partial charge is 0.321 e. The lowest BCUT2D eigenvalue weighted by Gasteiger charge is -2.29. The van der Waals surface area contributed by atoms with Crippen LogP contribution in [0.5, 0.6) is 0 Å². The van der Waals surface area contributed by atoms with E-state index >= 15 is 0 Å². The summed E-state index contributed by atoms with van der Waals surface area (Å²) >= 11 is 1.63. The van der Waals surface area contributed by atoms with Gasteiger partial charge in [0.25, 0.3) is 5.91 Å². The summed E-state index contributed by atoms with van der Waals surface area (Å²) in [4.78, 5) is 20.6. The van der Waals surface area contributed by atoms with Gasteiger partial charge in [0.1, 0.15) is 11.4 Å². The number of nitrogens with one attached hydrogen (secondary N) is 1. The van der Waals surface area contributed by atoms with Gasteiger partial charge in [-0.25, -0.2) is 9.97 Å². The molecule has 31 heavy (non-hydrogen) atoms. The van der Waals surface area contributed by atoms with Crippen molar-refractivity contribution in [2.45, 2.75) is 51.6 Å². The Kier molecular flexibility index (Phi) is 6.01. The van der Waals surface area contributed by atoms with E-state index in [-0.39, 0.29) is 5.69 Å². The van der Waals surface area contributed by atoms with Gasteiger partial charge in [-0.3, -0.25) is 4.79 Å². The minimum absolute atomic E-state index is 0.276. The lowest BCUT2D eigenvalue weighted by atomic mass is 9.77. The number of fused-ring (bicyclic) bond motifs is 1. The Balaban J connectivity index is 1.48. The van der Waals surface area contributed by atoms with Crippen LogP contribution < -0.4 is 5.32 Å². The number of carbonyl (C=O) groups is 1. The van der Waals surface area contributed by atoms with Gasteiger partial charge in [0.05, 0.1) is 15.2 Å². The van der Waals surface area contributed by atoms with E-state index in [1.807, 2.05) is 12.1 Å². The van der Waals surface area contributed by atoms with Crippen molar-refractivity contribution in [3.8, 4) is 0 Å². The van der Waals surface area contributed by atoms with Gasteiger partial charge >= 0.3 is 6.18 Å². The third-order valence-electron chi connectivity index (χ3n) is 6.00. The number of amides is 1. The van der Waals surface area contributed by atoms with Crippen LogP contribution in [-0.2, 0) is 6.18 Å². The summed E-state index contributed by atoms with van der Waals surface area (Å²) in [5, 5.41) is 3.77. The number of anilines is 1. The summed E-state index contributed by atoms with van der Waals surface area (Å²) < 4.78 is 39.5. The normalized spacial score (nSPS) is 19.7. The first kappa shape index (κ1) is 21.7. The number of alkyl halides is 3. The molecule has 4 rings (SSSR count). The van der Waals surface area contributed by atoms with Crippen molar-refractivity contribution in [2.24, 2.45) is 11.8 Å². The molecule has 1 aliphatic carbocycles. The Morgan fingerprint density at radius 2 is 1.84 bits per heavy atom. The topological polar surface area (TPSA) is 54.9 Å².